The van der Waals surface area contributed by atoms with Crippen molar-refractivity contribution in [2.24, 2.45) is 0 Å². The highest BCUT2D eigenvalue weighted by Gasteiger charge is 2.32. The van der Waals surface area contributed by atoms with Crippen molar-refractivity contribution in [3.63, 3.8) is 0 Å². The van der Waals surface area contributed by atoms with Gasteiger partial charge in [0.15, 0.2) is 0 Å². The van der Waals surface area contributed by atoms with Crippen molar-refractivity contribution < 1.29 is 32.2 Å². The number of hydrogen-bond acceptors (Lipinski definition) is 6. The van der Waals surface area contributed by atoms with Gasteiger partial charge < -0.3 is 24.7 Å². The summed E-state index contributed by atoms with van der Waals surface area (Å²) in [5.41, 5.74) is 1.15. The highest BCUT2D eigenvalue weighted by molar-refractivity contribution is 6.01. The van der Waals surface area contributed by atoms with Gasteiger partial charge in [0.2, 0.25) is 5.88 Å². The van der Waals surface area contributed by atoms with Gasteiger partial charge in [0.05, 0.1) is 49.4 Å². The van der Waals surface area contributed by atoms with E-state index in [4.69, 9.17) is 9.47 Å². The SMILES string of the molecule is CC[C@@H](NC(=O)c1cc(C(=O)N[C@H](C)c2ccc(C(F)(F)F)nc2)c2n1CCOC2)c1cccc(OC)n1. The summed E-state index contributed by atoms with van der Waals surface area (Å²) >= 11 is 0. The van der Waals surface area contributed by atoms with E-state index in [0.717, 1.165) is 12.3 Å². The van der Waals surface area contributed by atoms with Crippen LogP contribution in [0.1, 0.15) is 75.8 Å². The van der Waals surface area contributed by atoms with Crippen molar-refractivity contribution in [2.75, 3.05) is 13.7 Å². The molecular weight excluding hydrogens is 503 g/mol. The van der Waals surface area contributed by atoms with E-state index < -0.39 is 23.8 Å². The van der Waals surface area contributed by atoms with Crippen molar-refractivity contribution in [3.05, 3.63) is 76.5 Å². The van der Waals surface area contributed by atoms with Crippen molar-refractivity contribution in [3.8, 4) is 5.88 Å². The first-order valence-corrected chi connectivity index (χ1v) is 12.1. The molecule has 0 saturated carbocycles. The van der Waals surface area contributed by atoms with Crippen LogP contribution in [0.2, 0.25) is 0 Å². The van der Waals surface area contributed by atoms with Gasteiger partial charge >= 0.3 is 6.18 Å². The monoisotopic (exact) mass is 531 g/mol. The molecule has 0 fully saturated rings. The van der Waals surface area contributed by atoms with Crippen molar-refractivity contribution in [1.82, 2.24) is 25.2 Å². The largest absolute Gasteiger partial charge is 0.481 e. The van der Waals surface area contributed by atoms with Crippen molar-refractivity contribution >= 4 is 11.8 Å². The molecule has 0 radical (unpaired) electrons. The first kappa shape index (κ1) is 27.1. The second-order valence-corrected chi connectivity index (χ2v) is 8.80. The van der Waals surface area contributed by atoms with E-state index in [2.05, 4.69) is 20.6 Å². The van der Waals surface area contributed by atoms with Crippen LogP contribution in [-0.2, 0) is 24.1 Å². The van der Waals surface area contributed by atoms with Gasteiger partial charge in [-0.3, -0.25) is 14.6 Å². The van der Waals surface area contributed by atoms with Crippen LogP contribution in [-0.4, -0.2) is 40.1 Å². The van der Waals surface area contributed by atoms with E-state index in [1.54, 1.807) is 29.7 Å². The third kappa shape index (κ3) is 5.80. The van der Waals surface area contributed by atoms with Crippen LogP contribution < -0.4 is 15.4 Å². The highest BCUT2D eigenvalue weighted by atomic mass is 19.4. The number of aromatic nitrogens is 3. The van der Waals surface area contributed by atoms with E-state index in [9.17, 15) is 22.8 Å². The maximum atomic E-state index is 13.3. The number of carbonyl (C=O) groups is 2. The molecule has 4 heterocycles. The molecule has 9 nitrogen and oxygen atoms in total. The normalized spacial score (nSPS) is 14.8. The van der Waals surface area contributed by atoms with Gasteiger partial charge in [-0.1, -0.05) is 19.1 Å². The molecule has 2 N–H and O–H groups in total. The first-order valence-electron chi connectivity index (χ1n) is 12.1. The number of carbonyl (C=O) groups excluding carboxylic acids is 2. The van der Waals surface area contributed by atoms with Gasteiger partial charge in [0.1, 0.15) is 11.4 Å². The average Bonchev–Trinajstić information content (AvgIpc) is 3.31. The summed E-state index contributed by atoms with van der Waals surface area (Å²) in [6.07, 6.45) is -2.88. The quantitative estimate of drug-likeness (QED) is 0.451. The van der Waals surface area contributed by atoms with E-state index >= 15 is 0 Å². The lowest BCUT2D eigenvalue weighted by atomic mass is 10.1. The van der Waals surface area contributed by atoms with E-state index in [0.29, 0.717) is 48.1 Å². The molecule has 0 saturated heterocycles. The predicted molar refractivity (Wildman–Crippen MR) is 130 cm³/mol. The first-order chi connectivity index (χ1) is 18.1. The van der Waals surface area contributed by atoms with Crippen LogP contribution in [0, 0.1) is 0 Å². The molecule has 0 spiro atoms. The molecule has 12 heteroatoms. The Balaban J connectivity index is 1.54. The molecule has 2 atom stereocenters. The minimum atomic E-state index is -4.55. The second kappa shape index (κ2) is 11.2. The number of fused-ring (bicyclic) bond motifs is 1. The average molecular weight is 532 g/mol. The van der Waals surface area contributed by atoms with Crippen LogP contribution in [0.4, 0.5) is 13.2 Å². The molecular formula is C26H28F3N5O4. The third-order valence-corrected chi connectivity index (χ3v) is 6.33. The van der Waals surface area contributed by atoms with Crippen molar-refractivity contribution in [1.29, 1.82) is 0 Å². The maximum absolute atomic E-state index is 13.3. The number of rotatable bonds is 8. The molecule has 202 valence electrons. The lowest BCUT2D eigenvalue weighted by molar-refractivity contribution is -0.141. The number of nitrogens with zero attached hydrogens (tertiary/aromatic N) is 3. The number of halogens is 3. The van der Waals surface area contributed by atoms with Gasteiger partial charge in [-0.05, 0) is 37.1 Å². The molecule has 0 aliphatic carbocycles. The van der Waals surface area contributed by atoms with Gasteiger partial charge in [-0.2, -0.15) is 13.2 Å². The number of methoxy groups -OCH3 is 1. The van der Waals surface area contributed by atoms with Gasteiger partial charge in [0.25, 0.3) is 11.8 Å². The Morgan fingerprint density at radius 1 is 1.18 bits per heavy atom. The predicted octanol–water partition coefficient (Wildman–Crippen LogP) is 4.21. The zero-order valence-corrected chi connectivity index (χ0v) is 21.1. The summed E-state index contributed by atoms with van der Waals surface area (Å²) in [6, 6.07) is 7.96. The van der Waals surface area contributed by atoms with E-state index in [1.807, 2.05) is 6.92 Å². The number of alkyl halides is 3. The Morgan fingerprint density at radius 3 is 2.63 bits per heavy atom. The van der Waals surface area contributed by atoms with E-state index in [-0.39, 0.29) is 24.1 Å². The Labute approximate surface area is 217 Å². The summed E-state index contributed by atoms with van der Waals surface area (Å²) in [4.78, 5) is 34.4. The fourth-order valence-electron chi connectivity index (χ4n) is 4.25. The second-order valence-electron chi connectivity index (χ2n) is 8.80. The summed E-state index contributed by atoms with van der Waals surface area (Å²) in [5.74, 6) is -0.417. The highest BCUT2D eigenvalue weighted by Crippen LogP contribution is 2.28. The lowest BCUT2D eigenvalue weighted by Gasteiger charge is -2.21. The van der Waals surface area contributed by atoms with Crippen LogP contribution in [0.5, 0.6) is 5.88 Å². The number of nitrogens with one attached hydrogen (secondary N) is 2. The maximum Gasteiger partial charge on any atom is 0.433 e. The zero-order valence-electron chi connectivity index (χ0n) is 21.1. The molecule has 2 amide bonds. The topological polar surface area (TPSA) is 107 Å². The summed E-state index contributed by atoms with van der Waals surface area (Å²) < 4.78 is 51.0. The molecule has 38 heavy (non-hydrogen) atoms. The van der Waals surface area contributed by atoms with Gasteiger partial charge in [-0.25, -0.2) is 4.98 Å². The number of ether oxygens (including phenoxy) is 2. The number of pyridine rings is 2. The molecule has 0 unspecified atom stereocenters. The molecule has 3 aromatic rings. The molecule has 0 bridgehead atoms. The zero-order chi connectivity index (χ0) is 27.4. The van der Waals surface area contributed by atoms with Crippen LogP contribution in [0.3, 0.4) is 0 Å². The molecule has 1 aliphatic rings. The molecule has 3 aromatic heterocycles. The van der Waals surface area contributed by atoms with E-state index in [1.165, 1.54) is 19.2 Å². The fraction of sp³-hybridized carbons (Fsp3) is 0.385. The summed E-state index contributed by atoms with van der Waals surface area (Å²) in [6.45, 7) is 4.47. The van der Waals surface area contributed by atoms with Gasteiger partial charge in [-0.15, -0.1) is 0 Å². The minimum Gasteiger partial charge on any atom is -0.481 e. The van der Waals surface area contributed by atoms with Crippen LogP contribution in [0.15, 0.2) is 42.6 Å². The Morgan fingerprint density at radius 2 is 1.97 bits per heavy atom. The smallest absolute Gasteiger partial charge is 0.433 e. The lowest BCUT2D eigenvalue weighted by Crippen LogP contribution is -2.32. The Bertz CT molecular complexity index is 1310. The standard InChI is InChI=1S/C26H28F3N5O4/c1-4-18(19-6-5-7-23(32-19)37-3)33-25(36)20-12-17(21-14-38-11-10-34(20)21)24(35)31-15(2)16-8-9-22(30-13-16)26(27,28)29/h5-9,12-13,15,18H,4,10-11,14H2,1-3H3,(H,31,35)(H,33,36)/t15-,18-/m1/s1. The summed E-state index contributed by atoms with van der Waals surface area (Å²) in [7, 11) is 1.52. The fourth-order valence-corrected chi connectivity index (χ4v) is 4.25. The third-order valence-electron chi connectivity index (χ3n) is 6.33. The van der Waals surface area contributed by atoms with Gasteiger partial charge in [0, 0.05) is 18.8 Å². The van der Waals surface area contributed by atoms with Crippen LogP contribution >= 0.6 is 0 Å². The van der Waals surface area contributed by atoms with Crippen LogP contribution in [0.25, 0.3) is 0 Å². The molecule has 1 aliphatic heterocycles. The minimum absolute atomic E-state index is 0.140. The Hall–Kier alpha value is -3.93. The molecule has 4 rings (SSSR count). The Kier molecular flexibility index (Phi) is 8.00. The molecule has 0 aromatic carbocycles. The number of amides is 2. The van der Waals surface area contributed by atoms with Crippen molar-refractivity contribution in [2.45, 2.75) is 51.7 Å². The number of hydrogen-bond donors (Lipinski definition) is 2. The summed E-state index contributed by atoms with van der Waals surface area (Å²) in [5, 5.41) is 5.77.